The monoisotopic (exact) mass is 414 g/mol. The minimum atomic E-state index is -0.488. The number of quaternary nitrogens is 1. The first kappa shape index (κ1) is 18.6. The summed E-state index contributed by atoms with van der Waals surface area (Å²) in [5.41, 5.74) is 1.85. The molecule has 3 aliphatic rings. The summed E-state index contributed by atoms with van der Waals surface area (Å²) in [4.78, 5) is 1.58. The molecule has 0 radical (unpaired) electrons. The summed E-state index contributed by atoms with van der Waals surface area (Å²) >= 11 is 6.29. The van der Waals surface area contributed by atoms with Gasteiger partial charge >= 0.3 is 0 Å². The number of phenolic OH excluding ortho intramolecular Hbond substituents is 2. The van der Waals surface area contributed by atoms with E-state index in [9.17, 15) is 10.2 Å². The Kier molecular flexibility index (Phi) is 4.37. The van der Waals surface area contributed by atoms with Crippen molar-refractivity contribution in [2.75, 3.05) is 19.6 Å². The fourth-order valence-corrected chi connectivity index (χ4v) is 5.03. The Labute approximate surface area is 175 Å². The van der Waals surface area contributed by atoms with Crippen molar-refractivity contribution in [1.29, 1.82) is 0 Å². The second-order valence-electron chi connectivity index (χ2n) is 8.15. The molecule has 0 bridgehead atoms. The number of fused-ring (bicyclic) bond motifs is 4. The van der Waals surface area contributed by atoms with Gasteiger partial charge in [-0.1, -0.05) is 11.6 Å². The van der Waals surface area contributed by atoms with Crippen LogP contribution < -0.4 is 9.64 Å². The molecule has 1 spiro atoms. The van der Waals surface area contributed by atoms with Crippen molar-refractivity contribution in [3.8, 4) is 17.2 Å². The molecule has 29 heavy (non-hydrogen) atoms. The van der Waals surface area contributed by atoms with Crippen LogP contribution in [0.4, 0.5) is 0 Å². The zero-order chi connectivity index (χ0) is 20.2. The highest BCUT2D eigenvalue weighted by Gasteiger charge is 2.53. The Morgan fingerprint density at radius 2 is 2.00 bits per heavy atom. The smallest absolute Gasteiger partial charge is 0.208 e. The van der Waals surface area contributed by atoms with Gasteiger partial charge in [-0.25, -0.2) is 5.01 Å². The standard InChI is InChI=1S/C22H24ClN3O3/c1-2-25-9-7-22(8-10-25)26-19(17-11-14(23)3-6-21(17)29-22)13-18(24-26)16-12-15(27)4-5-20(16)28/h3-6,11-12,19,27-28H,2,7-10,13H2,1H3/p+1/t19-/m1/s1. The zero-order valence-corrected chi connectivity index (χ0v) is 17.1. The third-order valence-electron chi connectivity index (χ3n) is 6.49. The Morgan fingerprint density at radius 3 is 2.76 bits per heavy atom. The van der Waals surface area contributed by atoms with Crippen molar-refractivity contribution in [2.45, 2.75) is 38.0 Å². The molecule has 2 aromatic carbocycles. The van der Waals surface area contributed by atoms with E-state index in [1.54, 1.807) is 11.0 Å². The van der Waals surface area contributed by atoms with Crippen LogP contribution in [0.5, 0.6) is 17.2 Å². The number of phenols is 2. The molecular weight excluding hydrogens is 390 g/mol. The van der Waals surface area contributed by atoms with Gasteiger partial charge in [-0.2, -0.15) is 5.10 Å². The number of benzene rings is 2. The Balaban J connectivity index is 1.59. The lowest BCUT2D eigenvalue weighted by molar-refractivity contribution is -0.906. The molecule has 0 saturated carbocycles. The molecule has 1 fully saturated rings. The minimum absolute atomic E-state index is 0.00243. The zero-order valence-electron chi connectivity index (χ0n) is 16.4. The van der Waals surface area contributed by atoms with Gasteiger partial charge in [0.05, 0.1) is 44.2 Å². The van der Waals surface area contributed by atoms with Gasteiger partial charge in [-0.3, -0.25) is 0 Å². The molecule has 1 saturated heterocycles. The van der Waals surface area contributed by atoms with Gasteiger partial charge in [0.2, 0.25) is 5.72 Å². The van der Waals surface area contributed by atoms with E-state index in [0.29, 0.717) is 17.0 Å². The number of piperidine rings is 1. The number of halogens is 1. The number of nitrogens with one attached hydrogen (secondary N) is 1. The molecular formula is C22H25ClN3O3+. The van der Waals surface area contributed by atoms with Gasteiger partial charge < -0.3 is 19.8 Å². The van der Waals surface area contributed by atoms with Crippen LogP contribution in [0, 0.1) is 0 Å². The summed E-state index contributed by atoms with van der Waals surface area (Å²) in [6, 6.07) is 10.3. The van der Waals surface area contributed by atoms with Crippen molar-refractivity contribution < 1.29 is 19.8 Å². The molecule has 2 aromatic rings. The van der Waals surface area contributed by atoms with Crippen molar-refractivity contribution in [2.24, 2.45) is 5.10 Å². The topological polar surface area (TPSA) is 69.7 Å². The van der Waals surface area contributed by atoms with Gasteiger partial charge in [0.15, 0.2) is 0 Å². The van der Waals surface area contributed by atoms with Crippen LogP contribution in [0.3, 0.4) is 0 Å². The Hall–Kier alpha value is -2.44. The van der Waals surface area contributed by atoms with Gasteiger partial charge in [-0.15, -0.1) is 0 Å². The lowest BCUT2D eigenvalue weighted by Crippen LogP contribution is -3.13. The highest BCUT2D eigenvalue weighted by Crippen LogP contribution is 2.50. The number of nitrogens with zero attached hydrogens (tertiary/aromatic N) is 2. The van der Waals surface area contributed by atoms with E-state index >= 15 is 0 Å². The van der Waals surface area contributed by atoms with E-state index in [1.807, 2.05) is 18.2 Å². The molecule has 0 amide bonds. The second kappa shape index (κ2) is 6.82. The number of hydrazone groups is 1. The Bertz CT molecular complexity index is 985. The summed E-state index contributed by atoms with van der Waals surface area (Å²) in [6.07, 6.45) is 2.40. The van der Waals surface area contributed by atoms with Crippen LogP contribution >= 0.6 is 11.6 Å². The number of rotatable bonds is 2. The van der Waals surface area contributed by atoms with Crippen LogP contribution in [0.2, 0.25) is 5.02 Å². The predicted molar refractivity (Wildman–Crippen MR) is 111 cm³/mol. The van der Waals surface area contributed by atoms with E-state index < -0.39 is 5.72 Å². The molecule has 5 rings (SSSR count). The summed E-state index contributed by atoms with van der Waals surface area (Å²) in [5.74, 6) is 1.10. The largest absolute Gasteiger partial charge is 0.508 e. The SMILES string of the molecule is CC[NH+]1CCC2(CC1)Oc1ccc(Cl)cc1[C@H]1CC(c3cc(O)ccc3O)=NN12. The third-order valence-corrected chi connectivity index (χ3v) is 6.72. The van der Waals surface area contributed by atoms with Gasteiger partial charge in [0, 0.05) is 22.6 Å². The van der Waals surface area contributed by atoms with E-state index in [-0.39, 0.29) is 17.5 Å². The summed E-state index contributed by atoms with van der Waals surface area (Å²) in [7, 11) is 0. The molecule has 7 heteroatoms. The fraction of sp³-hybridized carbons (Fsp3) is 0.409. The van der Waals surface area contributed by atoms with E-state index in [0.717, 1.165) is 49.5 Å². The van der Waals surface area contributed by atoms with Crippen LogP contribution in [0.1, 0.15) is 43.4 Å². The van der Waals surface area contributed by atoms with E-state index in [1.165, 1.54) is 12.1 Å². The quantitative estimate of drug-likeness (QED) is 0.661. The lowest BCUT2D eigenvalue weighted by Gasteiger charge is -2.50. The predicted octanol–water partition coefficient (Wildman–Crippen LogP) is 2.69. The molecule has 0 aliphatic carbocycles. The number of hydrogen-bond donors (Lipinski definition) is 3. The van der Waals surface area contributed by atoms with Crippen LogP contribution in [0.25, 0.3) is 0 Å². The maximum atomic E-state index is 10.4. The molecule has 3 aliphatic heterocycles. The molecule has 0 aromatic heterocycles. The molecule has 1 atom stereocenters. The molecule has 152 valence electrons. The second-order valence-corrected chi connectivity index (χ2v) is 8.58. The summed E-state index contributed by atoms with van der Waals surface area (Å²) in [5, 5.41) is 28.0. The summed E-state index contributed by atoms with van der Waals surface area (Å²) < 4.78 is 6.60. The number of likely N-dealkylation sites (tertiary alicyclic amines) is 1. The molecule has 3 heterocycles. The molecule has 3 N–H and O–H groups in total. The molecule has 6 nitrogen and oxygen atoms in total. The van der Waals surface area contributed by atoms with Gasteiger partial charge in [-0.05, 0) is 43.3 Å². The maximum absolute atomic E-state index is 10.4. The maximum Gasteiger partial charge on any atom is 0.208 e. The van der Waals surface area contributed by atoms with Crippen molar-refractivity contribution >= 4 is 17.3 Å². The average Bonchev–Trinajstić information content (AvgIpc) is 3.18. The van der Waals surface area contributed by atoms with Crippen LogP contribution in [-0.4, -0.2) is 46.3 Å². The number of aromatic hydroxyl groups is 2. The highest BCUT2D eigenvalue weighted by molar-refractivity contribution is 6.30. The molecule has 0 unspecified atom stereocenters. The third kappa shape index (κ3) is 3.02. The van der Waals surface area contributed by atoms with Crippen LogP contribution in [0.15, 0.2) is 41.5 Å². The highest BCUT2D eigenvalue weighted by atomic mass is 35.5. The average molecular weight is 415 g/mol. The number of ether oxygens (including phenoxy) is 1. The first-order valence-electron chi connectivity index (χ1n) is 10.2. The first-order valence-corrected chi connectivity index (χ1v) is 10.6. The van der Waals surface area contributed by atoms with Crippen molar-refractivity contribution in [3.63, 3.8) is 0 Å². The van der Waals surface area contributed by atoms with E-state index in [2.05, 4.69) is 11.9 Å². The van der Waals surface area contributed by atoms with E-state index in [4.69, 9.17) is 21.4 Å². The lowest BCUT2D eigenvalue weighted by atomic mass is 9.90. The van der Waals surface area contributed by atoms with Crippen LogP contribution in [-0.2, 0) is 0 Å². The first-order chi connectivity index (χ1) is 14.0. The van der Waals surface area contributed by atoms with Crippen molar-refractivity contribution in [1.82, 2.24) is 5.01 Å². The normalized spacial score (nSPS) is 27.9. The van der Waals surface area contributed by atoms with Crippen molar-refractivity contribution in [3.05, 3.63) is 52.5 Å². The minimum Gasteiger partial charge on any atom is -0.508 e. The number of hydrogen-bond acceptors (Lipinski definition) is 5. The summed E-state index contributed by atoms with van der Waals surface area (Å²) in [6.45, 7) is 5.39. The fourth-order valence-electron chi connectivity index (χ4n) is 4.85. The Morgan fingerprint density at radius 1 is 1.21 bits per heavy atom. The van der Waals surface area contributed by atoms with Gasteiger partial charge in [0.1, 0.15) is 17.2 Å². The van der Waals surface area contributed by atoms with Gasteiger partial charge in [0.25, 0.3) is 0 Å².